The van der Waals surface area contributed by atoms with Crippen LogP contribution in [0.15, 0.2) is 18.2 Å². The lowest BCUT2D eigenvalue weighted by Gasteiger charge is -2.28. The number of amides is 2. The van der Waals surface area contributed by atoms with Gasteiger partial charge in [0.25, 0.3) is 0 Å². The van der Waals surface area contributed by atoms with Gasteiger partial charge in [0.05, 0.1) is 5.69 Å². The summed E-state index contributed by atoms with van der Waals surface area (Å²) in [4.78, 5) is 22.1. The average molecular weight is 329 g/mol. The second kappa shape index (κ2) is 5.76. The predicted octanol–water partition coefficient (Wildman–Crippen LogP) is 3.01. The summed E-state index contributed by atoms with van der Waals surface area (Å²) in [5.41, 5.74) is -3.97. The lowest BCUT2D eigenvalue weighted by molar-refractivity contribution is -0.203. The molecule has 1 aromatic carbocycles. The van der Waals surface area contributed by atoms with Crippen molar-refractivity contribution in [2.45, 2.75) is 18.6 Å². The van der Waals surface area contributed by atoms with E-state index in [0.29, 0.717) is 0 Å². The monoisotopic (exact) mass is 328 g/mol. The van der Waals surface area contributed by atoms with Gasteiger partial charge in [0, 0.05) is 5.02 Å². The molecule has 1 rings (SSSR count). The highest BCUT2D eigenvalue weighted by Gasteiger charge is 2.58. The molecule has 0 aliphatic carbocycles. The molecule has 116 valence electrons. The Morgan fingerprint density at radius 3 is 2.29 bits per heavy atom. The smallest absolute Gasteiger partial charge is 0.422 e. The lowest BCUT2D eigenvalue weighted by atomic mass is 10.0. The number of rotatable bonds is 3. The summed E-state index contributed by atoms with van der Waals surface area (Å²) >= 11 is 5.47. The summed E-state index contributed by atoms with van der Waals surface area (Å²) in [6.07, 6.45) is -5.24. The van der Waals surface area contributed by atoms with Crippen molar-refractivity contribution in [3.05, 3.63) is 29.0 Å². The maximum atomic E-state index is 13.4. The van der Waals surface area contributed by atoms with Crippen molar-refractivity contribution in [2.24, 2.45) is 0 Å². The molecule has 0 aliphatic heterocycles. The first-order valence-electron chi connectivity index (χ1n) is 5.31. The van der Waals surface area contributed by atoms with Crippen LogP contribution in [0.1, 0.15) is 6.92 Å². The van der Waals surface area contributed by atoms with Crippen LogP contribution < -0.4 is 10.6 Å². The predicted molar refractivity (Wildman–Crippen MR) is 65.7 cm³/mol. The summed E-state index contributed by atoms with van der Waals surface area (Å²) in [7, 11) is 0. The van der Waals surface area contributed by atoms with E-state index in [-0.39, 0.29) is 11.9 Å². The summed E-state index contributed by atoms with van der Waals surface area (Å²) < 4.78 is 51.4. The number of urea groups is 1. The molecule has 1 aromatic rings. The first kappa shape index (κ1) is 17.0. The number of hydrogen-bond acceptors (Lipinski definition) is 2. The minimum atomic E-state index is -5.24. The maximum Gasteiger partial charge on any atom is 0.422 e. The van der Waals surface area contributed by atoms with Crippen LogP contribution in [0.3, 0.4) is 0 Å². The van der Waals surface area contributed by atoms with Crippen LogP contribution in [0.2, 0.25) is 5.02 Å². The summed E-state index contributed by atoms with van der Waals surface area (Å²) in [5.74, 6) is -3.29. The van der Waals surface area contributed by atoms with Crippen LogP contribution in [0, 0.1) is 5.82 Å². The van der Waals surface area contributed by atoms with Crippen LogP contribution in [0.5, 0.6) is 0 Å². The van der Waals surface area contributed by atoms with E-state index in [4.69, 9.17) is 16.7 Å². The Morgan fingerprint density at radius 1 is 1.29 bits per heavy atom. The second-order valence-corrected chi connectivity index (χ2v) is 4.57. The Balaban J connectivity index is 2.92. The average Bonchev–Trinajstić information content (AvgIpc) is 2.31. The fraction of sp³-hybridized carbons (Fsp3) is 0.273. The van der Waals surface area contributed by atoms with Crippen LogP contribution in [0.25, 0.3) is 0 Å². The van der Waals surface area contributed by atoms with E-state index >= 15 is 0 Å². The lowest BCUT2D eigenvalue weighted by Crippen LogP contribution is -2.62. The molecule has 0 saturated carbocycles. The topological polar surface area (TPSA) is 78.4 Å². The fourth-order valence-electron chi connectivity index (χ4n) is 1.22. The van der Waals surface area contributed by atoms with Crippen molar-refractivity contribution in [2.75, 3.05) is 5.32 Å². The van der Waals surface area contributed by atoms with Gasteiger partial charge in [0.2, 0.25) is 5.54 Å². The van der Waals surface area contributed by atoms with Crippen molar-refractivity contribution in [3.63, 3.8) is 0 Å². The molecule has 5 nitrogen and oxygen atoms in total. The first-order valence-corrected chi connectivity index (χ1v) is 5.69. The Hall–Kier alpha value is -2.03. The van der Waals surface area contributed by atoms with Gasteiger partial charge >= 0.3 is 18.2 Å². The van der Waals surface area contributed by atoms with Crippen LogP contribution >= 0.6 is 11.6 Å². The molecule has 0 aliphatic rings. The number of carboxylic acids is 1. The minimum absolute atomic E-state index is 0.0177. The molecule has 0 fully saturated rings. The van der Waals surface area contributed by atoms with Crippen LogP contribution in [-0.4, -0.2) is 28.8 Å². The number of aliphatic carboxylic acids is 1. The summed E-state index contributed by atoms with van der Waals surface area (Å²) in [6, 6.07) is 1.51. The molecule has 0 saturated heterocycles. The van der Waals surface area contributed by atoms with E-state index in [1.807, 2.05) is 0 Å². The van der Waals surface area contributed by atoms with Gasteiger partial charge in [-0.25, -0.2) is 14.0 Å². The van der Waals surface area contributed by atoms with Gasteiger partial charge in [-0.15, -0.1) is 0 Å². The molecule has 10 heteroatoms. The number of hydrogen-bond donors (Lipinski definition) is 3. The minimum Gasteiger partial charge on any atom is -0.479 e. The van der Waals surface area contributed by atoms with Gasteiger partial charge in [-0.3, -0.25) is 0 Å². The summed E-state index contributed by atoms with van der Waals surface area (Å²) in [6.45, 7) is 0.271. The van der Waals surface area contributed by atoms with Crippen molar-refractivity contribution in [3.8, 4) is 0 Å². The van der Waals surface area contributed by atoms with E-state index in [1.165, 1.54) is 11.4 Å². The quantitative estimate of drug-likeness (QED) is 0.746. The van der Waals surface area contributed by atoms with Crippen LogP contribution in [-0.2, 0) is 4.79 Å². The van der Waals surface area contributed by atoms with Gasteiger partial charge in [-0.2, -0.15) is 13.2 Å². The molecule has 2 amide bonds. The molecule has 21 heavy (non-hydrogen) atoms. The third kappa shape index (κ3) is 3.75. The molecule has 0 radical (unpaired) electrons. The number of alkyl halides is 3. The molecule has 3 N–H and O–H groups in total. The van der Waals surface area contributed by atoms with E-state index in [1.54, 1.807) is 5.32 Å². The zero-order chi connectivity index (χ0) is 16.4. The fourth-order valence-corrected chi connectivity index (χ4v) is 1.38. The van der Waals surface area contributed by atoms with E-state index in [0.717, 1.165) is 12.1 Å². The third-order valence-corrected chi connectivity index (χ3v) is 2.77. The van der Waals surface area contributed by atoms with E-state index in [9.17, 15) is 27.2 Å². The zero-order valence-electron chi connectivity index (χ0n) is 10.4. The third-order valence-electron chi connectivity index (χ3n) is 2.54. The molecule has 1 unspecified atom stereocenters. The van der Waals surface area contributed by atoms with Gasteiger partial charge in [-0.1, -0.05) is 11.6 Å². The highest BCUT2D eigenvalue weighted by molar-refractivity contribution is 6.30. The molecule has 0 aromatic heterocycles. The number of benzene rings is 1. The normalized spacial score (nSPS) is 14.2. The molecule has 0 heterocycles. The van der Waals surface area contributed by atoms with Gasteiger partial charge in [0.15, 0.2) is 0 Å². The number of carbonyl (C=O) groups excluding carboxylic acids is 1. The number of anilines is 1. The van der Waals surface area contributed by atoms with Crippen molar-refractivity contribution >= 4 is 29.3 Å². The van der Waals surface area contributed by atoms with E-state index in [2.05, 4.69) is 0 Å². The van der Waals surface area contributed by atoms with Crippen molar-refractivity contribution in [1.29, 1.82) is 0 Å². The Labute approximate surface area is 120 Å². The highest BCUT2D eigenvalue weighted by atomic mass is 35.5. The van der Waals surface area contributed by atoms with E-state index < -0.39 is 35.2 Å². The zero-order valence-corrected chi connectivity index (χ0v) is 11.1. The molecule has 0 bridgehead atoms. The highest BCUT2D eigenvalue weighted by Crippen LogP contribution is 2.30. The number of carboxylic acid groups (broad SMARTS) is 1. The second-order valence-electron chi connectivity index (χ2n) is 4.13. The van der Waals surface area contributed by atoms with Gasteiger partial charge in [0.1, 0.15) is 5.82 Å². The van der Waals surface area contributed by atoms with Gasteiger partial charge in [-0.05, 0) is 25.1 Å². The number of nitrogens with one attached hydrogen (secondary N) is 2. The Bertz CT molecular complexity index is 579. The van der Waals surface area contributed by atoms with Crippen LogP contribution in [0.4, 0.5) is 28.0 Å². The molecular formula is C11H9ClF4N2O3. The molecule has 1 atom stereocenters. The van der Waals surface area contributed by atoms with Crippen molar-refractivity contribution in [1.82, 2.24) is 5.32 Å². The number of carbonyl (C=O) groups is 2. The van der Waals surface area contributed by atoms with Crippen molar-refractivity contribution < 1.29 is 32.3 Å². The molecule has 0 spiro atoms. The largest absolute Gasteiger partial charge is 0.479 e. The van der Waals surface area contributed by atoms with Gasteiger partial charge < -0.3 is 15.7 Å². The summed E-state index contributed by atoms with van der Waals surface area (Å²) in [5, 5.41) is 11.7. The number of halogens is 5. The standard InChI is InChI=1S/C11H9ClF4N2O3/c1-10(8(19)20,11(14,15)16)18-9(21)17-7-3-2-5(12)4-6(7)13/h2-4H,1H3,(H,19,20)(H2,17,18,21). The Morgan fingerprint density at radius 2 is 1.86 bits per heavy atom. The first-order chi connectivity index (χ1) is 9.47. The maximum absolute atomic E-state index is 13.4. The molecular weight excluding hydrogens is 320 g/mol. The SMILES string of the molecule is CC(NC(=O)Nc1ccc(Cl)cc1F)(C(=O)O)C(F)(F)F. The Kier molecular flexibility index (Phi) is 4.67.